The molecule has 0 aliphatic rings. The molecule has 1 aromatic carbocycles. The summed E-state index contributed by atoms with van der Waals surface area (Å²) in [5, 5.41) is 10.8. The molecule has 0 atom stereocenters. The van der Waals surface area contributed by atoms with Gasteiger partial charge in [0.1, 0.15) is 5.75 Å². The van der Waals surface area contributed by atoms with Gasteiger partial charge >= 0.3 is 0 Å². The first-order valence-corrected chi connectivity index (χ1v) is 9.09. The van der Waals surface area contributed by atoms with Crippen LogP contribution in [0.3, 0.4) is 0 Å². The molecular formula is C21H37NO. The van der Waals surface area contributed by atoms with Gasteiger partial charge in [0.05, 0.1) is 0 Å². The fourth-order valence-electron chi connectivity index (χ4n) is 3.03. The molecule has 0 saturated heterocycles. The van der Waals surface area contributed by atoms with Crippen LogP contribution in [0.2, 0.25) is 0 Å². The van der Waals surface area contributed by atoms with Crippen LogP contribution in [-0.2, 0) is 17.3 Å². The third-order valence-corrected chi connectivity index (χ3v) is 4.62. The van der Waals surface area contributed by atoms with E-state index in [0.717, 1.165) is 37.2 Å². The topological polar surface area (TPSA) is 23.5 Å². The largest absolute Gasteiger partial charge is 0.507 e. The minimum Gasteiger partial charge on any atom is -0.507 e. The number of phenols is 1. The summed E-state index contributed by atoms with van der Waals surface area (Å²) < 4.78 is 0. The summed E-state index contributed by atoms with van der Waals surface area (Å²) in [5.74, 6) is 0.484. The molecule has 0 fully saturated rings. The first kappa shape index (κ1) is 20.0. The van der Waals surface area contributed by atoms with Gasteiger partial charge in [0.15, 0.2) is 0 Å². The van der Waals surface area contributed by atoms with E-state index in [-0.39, 0.29) is 10.8 Å². The van der Waals surface area contributed by atoms with Crippen molar-refractivity contribution in [3.05, 3.63) is 28.8 Å². The Morgan fingerprint density at radius 2 is 1.30 bits per heavy atom. The van der Waals surface area contributed by atoms with E-state index in [0.29, 0.717) is 5.75 Å². The first-order chi connectivity index (χ1) is 10.5. The second-order valence-corrected chi connectivity index (χ2v) is 8.67. The molecule has 0 bridgehead atoms. The lowest BCUT2D eigenvalue weighted by atomic mass is 9.78. The van der Waals surface area contributed by atoms with Crippen LogP contribution in [0, 0.1) is 0 Å². The molecule has 1 N–H and O–H groups in total. The van der Waals surface area contributed by atoms with Crippen molar-refractivity contribution < 1.29 is 5.11 Å². The SMILES string of the molecule is CCN(CC)CCCc1cc(C(C)(C)C)c(O)c(C(C)(C)C)c1. The van der Waals surface area contributed by atoms with Gasteiger partial charge in [0.2, 0.25) is 0 Å². The van der Waals surface area contributed by atoms with Gasteiger partial charge in [0, 0.05) is 0 Å². The van der Waals surface area contributed by atoms with E-state index in [9.17, 15) is 5.11 Å². The lowest BCUT2D eigenvalue weighted by Gasteiger charge is -2.28. The monoisotopic (exact) mass is 319 g/mol. The summed E-state index contributed by atoms with van der Waals surface area (Å²) in [7, 11) is 0. The smallest absolute Gasteiger partial charge is 0.123 e. The molecule has 0 radical (unpaired) electrons. The molecule has 2 nitrogen and oxygen atoms in total. The fraction of sp³-hybridized carbons (Fsp3) is 0.714. The minimum absolute atomic E-state index is 0.0427. The summed E-state index contributed by atoms with van der Waals surface area (Å²) in [6, 6.07) is 4.43. The third kappa shape index (κ3) is 5.53. The first-order valence-electron chi connectivity index (χ1n) is 9.09. The molecule has 0 aromatic heterocycles. The average molecular weight is 320 g/mol. The van der Waals surface area contributed by atoms with Crippen molar-refractivity contribution in [1.82, 2.24) is 4.90 Å². The maximum absolute atomic E-state index is 10.8. The Morgan fingerprint density at radius 1 is 0.870 bits per heavy atom. The molecule has 0 aliphatic carbocycles. The minimum atomic E-state index is -0.0427. The Hall–Kier alpha value is -1.02. The molecule has 1 rings (SSSR count). The summed E-state index contributed by atoms with van der Waals surface area (Å²) in [6.07, 6.45) is 2.24. The van der Waals surface area contributed by atoms with Crippen LogP contribution >= 0.6 is 0 Å². The predicted octanol–water partition coefficient (Wildman–Crippen LogP) is 5.26. The van der Waals surface area contributed by atoms with E-state index in [1.54, 1.807) is 0 Å². The van der Waals surface area contributed by atoms with Gasteiger partial charge in [-0.1, -0.05) is 67.5 Å². The molecule has 0 heterocycles. The number of rotatable bonds is 6. The second-order valence-electron chi connectivity index (χ2n) is 8.67. The number of hydrogen-bond acceptors (Lipinski definition) is 2. The summed E-state index contributed by atoms with van der Waals surface area (Å²) >= 11 is 0. The van der Waals surface area contributed by atoms with Crippen molar-refractivity contribution in [3.8, 4) is 5.75 Å². The van der Waals surface area contributed by atoms with Crippen LogP contribution in [0.1, 0.15) is 78.5 Å². The Bertz CT molecular complexity index is 467. The maximum atomic E-state index is 10.8. The molecule has 23 heavy (non-hydrogen) atoms. The van der Waals surface area contributed by atoms with Crippen LogP contribution in [0.15, 0.2) is 12.1 Å². The molecule has 0 amide bonds. The van der Waals surface area contributed by atoms with Crippen molar-refractivity contribution in [2.24, 2.45) is 0 Å². The zero-order valence-corrected chi connectivity index (χ0v) is 16.6. The predicted molar refractivity (Wildman–Crippen MR) is 102 cm³/mol. The maximum Gasteiger partial charge on any atom is 0.123 e. The number of aromatic hydroxyl groups is 1. The van der Waals surface area contributed by atoms with E-state index < -0.39 is 0 Å². The highest BCUT2D eigenvalue weighted by molar-refractivity contribution is 5.49. The number of benzene rings is 1. The lowest BCUT2D eigenvalue weighted by molar-refractivity contribution is 0.300. The Kier molecular flexibility index (Phi) is 6.70. The van der Waals surface area contributed by atoms with Gasteiger partial charge in [-0.2, -0.15) is 0 Å². The molecular weight excluding hydrogens is 282 g/mol. The van der Waals surface area contributed by atoms with E-state index in [4.69, 9.17) is 0 Å². The standard InChI is InChI=1S/C21H37NO/c1-9-22(10-2)13-11-12-16-14-17(20(3,4)5)19(23)18(15-16)21(6,7)8/h14-15,23H,9-13H2,1-8H3. The van der Waals surface area contributed by atoms with Gasteiger partial charge in [-0.25, -0.2) is 0 Å². The molecule has 132 valence electrons. The molecule has 0 unspecified atom stereocenters. The van der Waals surface area contributed by atoms with Crippen LogP contribution in [-0.4, -0.2) is 29.6 Å². The van der Waals surface area contributed by atoms with Crippen LogP contribution in [0.4, 0.5) is 0 Å². The Labute approximate surface area is 143 Å². The molecule has 2 heteroatoms. The van der Waals surface area contributed by atoms with E-state index in [1.807, 2.05) is 0 Å². The molecule has 0 saturated carbocycles. The fourth-order valence-corrected chi connectivity index (χ4v) is 3.03. The normalized spacial score (nSPS) is 12.9. The summed E-state index contributed by atoms with van der Waals surface area (Å²) in [5.41, 5.74) is 3.41. The van der Waals surface area contributed by atoms with Gasteiger partial charge in [-0.3, -0.25) is 0 Å². The van der Waals surface area contributed by atoms with Crippen LogP contribution in [0.5, 0.6) is 5.75 Å². The quantitative estimate of drug-likeness (QED) is 0.773. The molecule has 0 aliphatic heterocycles. The van der Waals surface area contributed by atoms with E-state index in [2.05, 4.69) is 72.4 Å². The van der Waals surface area contributed by atoms with Crippen LogP contribution in [0.25, 0.3) is 0 Å². The van der Waals surface area contributed by atoms with Crippen molar-refractivity contribution in [2.75, 3.05) is 19.6 Å². The lowest BCUT2D eigenvalue weighted by Crippen LogP contribution is -2.24. The van der Waals surface area contributed by atoms with Gasteiger partial charge < -0.3 is 10.0 Å². The molecule has 0 spiro atoms. The van der Waals surface area contributed by atoms with Crippen molar-refractivity contribution in [1.29, 1.82) is 0 Å². The highest BCUT2D eigenvalue weighted by atomic mass is 16.3. The third-order valence-electron chi connectivity index (χ3n) is 4.62. The van der Waals surface area contributed by atoms with Crippen LogP contribution < -0.4 is 0 Å². The highest BCUT2D eigenvalue weighted by Crippen LogP contribution is 2.39. The van der Waals surface area contributed by atoms with E-state index in [1.165, 1.54) is 12.0 Å². The summed E-state index contributed by atoms with van der Waals surface area (Å²) in [6.45, 7) is 20.9. The van der Waals surface area contributed by atoms with E-state index >= 15 is 0 Å². The number of phenolic OH excluding ortho intramolecular Hbond substituents is 1. The number of nitrogens with zero attached hydrogens (tertiary/aromatic N) is 1. The Balaban J connectivity index is 3.09. The number of aryl methyl sites for hydroxylation is 1. The average Bonchev–Trinajstić information content (AvgIpc) is 2.42. The van der Waals surface area contributed by atoms with Gasteiger partial charge in [-0.15, -0.1) is 0 Å². The molecule has 1 aromatic rings. The Morgan fingerprint density at radius 3 is 1.65 bits per heavy atom. The summed E-state index contributed by atoms with van der Waals surface area (Å²) in [4.78, 5) is 2.47. The van der Waals surface area contributed by atoms with Gasteiger partial charge in [-0.05, 0) is 60.0 Å². The zero-order chi connectivity index (χ0) is 17.8. The zero-order valence-electron chi connectivity index (χ0n) is 16.6. The van der Waals surface area contributed by atoms with Crippen molar-refractivity contribution in [3.63, 3.8) is 0 Å². The second kappa shape index (κ2) is 7.70. The van der Waals surface area contributed by atoms with Crippen molar-refractivity contribution in [2.45, 2.75) is 79.1 Å². The number of hydrogen-bond donors (Lipinski definition) is 1. The highest BCUT2D eigenvalue weighted by Gasteiger charge is 2.26. The van der Waals surface area contributed by atoms with Gasteiger partial charge in [0.25, 0.3) is 0 Å². The van der Waals surface area contributed by atoms with Crippen molar-refractivity contribution >= 4 is 0 Å².